The van der Waals surface area contributed by atoms with Gasteiger partial charge in [0.15, 0.2) is 0 Å². The van der Waals surface area contributed by atoms with Crippen LogP contribution < -0.4 is 14.7 Å². The summed E-state index contributed by atoms with van der Waals surface area (Å²) < 4.78 is 0. The second kappa shape index (κ2) is 7.50. The van der Waals surface area contributed by atoms with E-state index in [9.17, 15) is 4.79 Å². The number of aromatic nitrogens is 3. The molecule has 1 aromatic carbocycles. The number of carbonyl (C=O) groups is 1. The van der Waals surface area contributed by atoms with Gasteiger partial charge in [-0.25, -0.2) is 15.0 Å². The van der Waals surface area contributed by atoms with Crippen LogP contribution in [0.15, 0.2) is 61.1 Å². The third kappa shape index (κ3) is 3.40. The first-order valence-corrected chi connectivity index (χ1v) is 9.92. The molecule has 1 fully saturated rings. The quantitative estimate of drug-likeness (QED) is 0.689. The Hall–Kier alpha value is -3.48. The minimum atomic E-state index is -0.0641. The Bertz CT molecular complexity index is 1020. The molecule has 1 amide bonds. The van der Waals surface area contributed by atoms with Gasteiger partial charge in [0.1, 0.15) is 23.7 Å². The number of para-hydroxylation sites is 1. The van der Waals surface area contributed by atoms with Crippen LogP contribution in [0.2, 0.25) is 0 Å². The number of pyridine rings is 1. The molecule has 0 radical (unpaired) electrons. The van der Waals surface area contributed by atoms with Crippen LogP contribution in [0.5, 0.6) is 0 Å². The second-order valence-corrected chi connectivity index (χ2v) is 7.26. The van der Waals surface area contributed by atoms with Gasteiger partial charge in [0, 0.05) is 50.7 Å². The standard InChI is InChI=1S/C22H22N6O/c29-22(28-10-8-17-5-1-2-6-19(17)28)18-15-21(25-16-24-18)27-13-11-26(12-14-27)20-7-3-4-9-23-20/h1-7,9,15-16H,8,10-14H2. The number of hydrogen-bond donors (Lipinski definition) is 0. The zero-order valence-electron chi connectivity index (χ0n) is 16.1. The van der Waals surface area contributed by atoms with E-state index in [0.29, 0.717) is 12.2 Å². The number of hydrogen-bond acceptors (Lipinski definition) is 6. The first kappa shape index (κ1) is 17.6. The predicted octanol–water partition coefficient (Wildman–Crippen LogP) is 2.40. The summed E-state index contributed by atoms with van der Waals surface area (Å²) in [5, 5.41) is 0. The maximum atomic E-state index is 13.1. The normalized spacial score (nSPS) is 16.1. The van der Waals surface area contributed by atoms with E-state index in [-0.39, 0.29) is 5.91 Å². The van der Waals surface area contributed by atoms with Gasteiger partial charge in [-0.1, -0.05) is 24.3 Å². The molecule has 7 nitrogen and oxygen atoms in total. The lowest BCUT2D eigenvalue weighted by molar-refractivity contribution is 0.0984. The molecule has 0 unspecified atom stereocenters. The Balaban J connectivity index is 1.30. The lowest BCUT2D eigenvalue weighted by Gasteiger charge is -2.36. The maximum absolute atomic E-state index is 13.1. The van der Waals surface area contributed by atoms with Gasteiger partial charge in [-0.05, 0) is 30.2 Å². The van der Waals surface area contributed by atoms with Crippen molar-refractivity contribution in [2.45, 2.75) is 6.42 Å². The van der Waals surface area contributed by atoms with Gasteiger partial charge < -0.3 is 14.7 Å². The van der Waals surface area contributed by atoms with Gasteiger partial charge in [-0.15, -0.1) is 0 Å². The molecule has 2 aromatic heterocycles. The van der Waals surface area contributed by atoms with Crippen LogP contribution in [0.3, 0.4) is 0 Å². The molecule has 3 aromatic rings. The molecule has 0 spiro atoms. The SMILES string of the molecule is O=C(c1cc(N2CCN(c3ccccn3)CC2)ncn1)N1CCc2ccccc21. The van der Waals surface area contributed by atoms with E-state index in [1.807, 2.05) is 53.6 Å². The second-order valence-electron chi connectivity index (χ2n) is 7.26. The summed E-state index contributed by atoms with van der Waals surface area (Å²) in [6.45, 7) is 4.08. The van der Waals surface area contributed by atoms with E-state index in [1.54, 1.807) is 0 Å². The van der Waals surface area contributed by atoms with Crippen molar-refractivity contribution in [1.29, 1.82) is 0 Å². The lowest BCUT2D eigenvalue weighted by Crippen LogP contribution is -2.47. The maximum Gasteiger partial charge on any atom is 0.277 e. The van der Waals surface area contributed by atoms with Crippen molar-refractivity contribution in [3.05, 3.63) is 72.3 Å². The summed E-state index contributed by atoms with van der Waals surface area (Å²) in [6.07, 6.45) is 4.20. The molecule has 146 valence electrons. The lowest BCUT2D eigenvalue weighted by atomic mass is 10.2. The van der Waals surface area contributed by atoms with Crippen LogP contribution in [0.4, 0.5) is 17.3 Å². The van der Waals surface area contributed by atoms with E-state index >= 15 is 0 Å². The number of rotatable bonds is 3. The minimum absolute atomic E-state index is 0.0641. The highest BCUT2D eigenvalue weighted by molar-refractivity contribution is 6.06. The predicted molar refractivity (Wildman–Crippen MR) is 113 cm³/mol. The van der Waals surface area contributed by atoms with Gasteiger partial charge in [-0.3, -0.25) is 4.79 Å². The van der Waals surface area contributed by atoms with Gasteiger partial charge >= 0.3 is 0 Å². The Kier molecular flexibility index (Phi) is 4.56. The highest BCUT2D eigenvalue weighted by Gasteiger charge is 2.27. The van der Waals surface area contributed by atoms with Crippen LogP contribution in [-0.4, -0.2) is 53.6 Å². The summed E-state index contributed by atoms with van der Waals surface area (Å²) in [4.78, 5) is 32.5. The highest BCUT2D eigenvalue weighted by Crippen LogP contribution is 2.29. The number of benzene rings is 1. The van der Waals surface area contributed by atoms with Gasteiger partial charge in [0.25, 0.3) is 5.91 Å². The fourth-order valence-corrected chi connectivity index (χ4v) is 4.03. The molecule has 2 aliphatic heterocycles. The van der Waals surface area contributed by atoms with Crippen LogP contribution in [0.1, 0.15) is 16.1 Å². The fraction of sp³-hybridized carbons (Fsp3) is 0.273. The van der Waals surface area contributed by atoms with Gasteiger partial charge in [0.05, 0.1) is 0 Å². The number of nitrogens with zero attached hydrogens (tertiary/aromatic N) is 6. The number of fused-ring (bicyclic) bond motifs is 1. The van der Waals surface area contributed by atoms with Crippen molar-refractivity contribution in [2.75, 3.05) is 47.4 Å². The molecule has 5 rings (SSSR count). The summed E-state index contributed by atoms with van der Waals surface area (Å²) in [5.74, 6) is 1.74. The highest BCUT2D eigenvalue weighted by atomic mass is 16.2. The zero-order chi connectivity index (χ0) is 19.6. The third-order valence-corrected chi connectivity index (χ3v) is 5.58. The monoisotopic (exact) mass is 386 g/mol. The Morgan fingerprint density at radius 1 is 0.793 bits per heavy atom. The molecule has 0 bridgehead atoms. The number of anilines is 3. The Morgan fingerprint density at radius 3 is 2.34 bits per heavy atom. The first-order valence-electron chi connectivity index (χ1n) is 9.92. The van der Waals surface area contributed by atoms with E-state index in [2.05, 4.69) is 30.8 Å². The molecule has 0 saturated carbocycles. The van der Waals surface area contributed by atoms with Crippen molar-refractivity contribution < 1.29 is 4.79 Å². The van der Waals surface area contributed by atoms with Crippen LogP contribution >= 0.6 is 0 Å². The van der Waals surface area contributed by atoms with E-state index in [4.69, 9.17) is 0 Å². The van der Waals surface area contributed by atoms with E-state index in [1.165, 1.54) is 11.9 Å². The fourth-order valence-electron chi connectivity index (χ4n) is 4.03. The summed E-state index contributed by atoms with van der Waals surface area (Å²) >= 11 is 0. The van der Waals surface area contributed by atoms with Crippen LogP contribution in [-0.2, 0) is 6.42 Å². The smallest absolute Gasteiger partial charge is 0.277 e. The van der Waals surface area contributed by atoms with E-state index in [0.717, 1.165) is 49.9 Å². The molecule has 29 heavy (non-hydrogen) atoms. The molecule has 0 N–H and O–H groups in total. The molecule has 2 aliphatic rings. The number of carbonyl (C=O) groups excluding carboxylic acids is 1. The molecule has 0 atom stereocenters. The third-order valence-electron chi connectivity index (χ3n) is 5.58. The topological polar surface area (TPSA) is 65.5 Å². The van der Waals surface area contributed by atoms with Crippen molar-refractivity contribution in [3.8, 4) is 0 Å². The van der Waals surface area contributed by atoms with Gasteiger partial charge in [-0.2, -0.15) is 0 Å². The van der Waals surface area contributed by atoms with Crippen molar-refractivity contribution in [3.63, 3.8) is 0 Å². The molecule has 1 saturated heterocycles. The Morgan fingerprint density at radius 2 is 1.55 bits per heavy atom. The average molecular weight is 386 g/mol. The van der Waals surface area contributed by atoms with Crippen molar-refractivity contribution in [2.24, 2.45) is 0 Å². The van der Waals surface area contributed by atoms with Crippen molar-refractivity contribution >= 4 is 23.2 Å². The molecule has 0 aliphatic carbocycles. The molecule has 7 heteroatoms. The summed E-state index contributed by atoms with van der Waals surface area (Å²) in [6, 6.07) is 15.8. The number of piperazine rings is 1. The van der Waals surface area contributed by atoms with Crippen LogP contribution in [0.25, 0.3) is 0 Å². The minimum Gasteiger partial charge on any atom is -0.353 e. The van der Waals surface area contributed by atoms with E-state index < -0.39 is 0 Å². The molecule has 4 heterocycles. The first-order chi connectivity index (χ1) is 14.3. The molecular weight excluding hydrogens is 364 g/mol. The Labute approximate surface area is 169 Å². The van der Waals surface area contributed by atoms with Crippen LogP contribution in [0, 0.1) is 0 Å². The summed E-state index contributed by atoms with van der Waals surface area (Å²) in [5.41, 5.74) is 2.64. The zero-order valence-corrected chi connectivity index (χ0v) is 16.1. The largest absolute Gasteiger partial charge is 0.353 e. The summed E-state index contributed by atoms with van der Waals surface area (Å²) in [7, 11) is 0. The van der Waals surface area contributed by atoms with Gasteiger partial charge in [0.2, 0.25) is 0 Å². The average Bonchev–Trinajstić information content (AvgIpc) is 3.24. The molecular formula is C22H22N6O. The van der Waals surface area contributed by atoms with Crippen molar-refractivity contribution in [1.82, 2.24) is 15.0 Å². The number of amides is 1.